The first kappa shape index (κ1) is 12.0. The summed E-state index contributed by atoms with van der Waals surface area (Å²) in [6.45, 7) is 3.18. The molecule has 0 aromatic carbocycles. The van der Waals surface area contributed by atoms with Crippen molar-refractivity contribution in [2.24, 2.45) is 17.6 Å². The molecule has 1 aliphatic rings. The molecule has 0 aliphatic heterocycles. The van der Waals surface area contributed by atoms with Crippen molar-refractivity contribution >= 4 is 0 Å². The second kappa shape index (κ2) is 7.28. The molecule has 0 heterocycles. The van der Waals surface area contributed by atoms with E-state index >= 15 is 0 Å². The molecular weight excluding hydrogens is 170 g/mol. The van der Waals surface area contributed by atoms with E-state index < -0.39 is 0 Å². The molecule has 2 atom stereocenters. The summed E-state index contributed by atoms with van der Waals surface area (Å²) in [5.41, 5.74) is 5.45. The fourth-order valence-corrected chi connectivity index (χ4v) is 2.47. The van der Waals surface area contributed by atoms with E-state index in [0.717, 1.165) is 18.4 Å². The molecule has 1 nitrogen and oxygen atoms in total. The van der Waals surface area contributed by atoms with E-state index in [9.17, 15) is 0 Å². The highest BCUT2D eigenvalue weighted by Crippen LogP contribution is 2.45. The SMILES string of the molecule is CCC[C@@H]1CC1CCCCCCCN. The highest BCUT2D eigenvalue weighted by atomic mass is 14.5. The van der Waals surface area contributed by atoms with Gasteiger partial charge in [0.05, 0.1) is 0 Å². The molecule has 1 fully saturated rings. The van der Waals surface area contributed by atoms with Crippen LogP contribution in [0.15, 0.2) is 0 Å². The zero-order valence-corrected chi connectivity index (χ0v) is 9.80. The van der Waals surface area contributed by atoms with Crippen molar-refractivity contribution < 1.29 is 0 Å². The van der Waals surface area contributed by atoms with Crippen molar-refractivity contribution in [2.75, 3.05) is 6.54 Å². The Labute approximate surface area is 89.5 Å². The fraction of sp³-hybridized carbons (Fsp3) is 1.00. The predicted octanol–water partition coefficient (Wildman–Crippen LogP) is 3.72. The van der Waals surface area contributed by atoms with Crippen LogP contribution in [0.3, 0.4) is 0 Å². The molecule has 0 spiro atoms. The Hall–Kier alpha value is -0.0400. The topological polar surface area (TPSA) is 26.0 Å². The van der Waals surface area contributed by atoms with Crippen LogP contribution in [0.25, 0.3) is 0 Å². The van der Waals surface area contributed by atoms with Gasteiger partial charge in [0.2, 0.25) is 0 Å². The Morgan fingerprint density at radius 3 is 2.29 bits per heavy atom. The minimum Gasteiger partial charge on any atom is -0.330 e. The number of hydrogen-bond acceptors (Lipinski definition) is 1. The molecule has 2 N–H and O–H groups in total. The normalized spacial score (nSPS) is 25.3. The zero-order valence-electron chi connectivity index (χ0n) is 9.80. The van der Waals surface area contributed by atoms with Gasteiger partial charge in [0, 0.05) is 0 Å². The third-order valence-corrected chi connectivity index (χ3v) is 3.51. The lowest BCUT2D eigenvalue weighted by molar-refractivity contribution is 0.539. The van der Waals surface area contributed by atoms with E-state index in [-0.39, 0.29) is 0 Å². The molecule has 1 saturated carbocycles. The van der Waals surface area contributed by atoms with Gasteiger partial charge in [-0.05, 0) is 31.2 Å². The summed E-state index contributed by atoms with van der Waals surface area (Å²) < 4.78 is 0. The van der Waals surface area contributed by atoms with Gasteiger partial charge in [0.25, 0.3) is 0 Å². The highest BCUT2D eigenvalue weighted by molar-refractivity contribution is 4.85. The van der Waals surface area contributed by atoms with Crippen LogP contribution in [0, 0.1) is 11.8 Å². The molecule has 0 aromatic heterocycles. The average molecular weight is 197 g/mol. The highest BCUT2D eigenvalue weighted by Gasteiger charge is 2.34. The van der Waals surface area contributed by atoms with Crippen molar-refractivity contribution in [3.8, 4) is 0 Å². The molecular formula is C13H27N. The van der Waals surface area contributed by atoms with E-state index in [4.69, 9.17) is 5.73 Å². The van der Waals surface area contributed by atoms with E-state index in [1.54, 1.807) is 0 Å². The minimum absolute atomic E-state index is 0.876. The number of rotatable bonds is 9. The molecule has 0 amide bonds. The van der Waals surface area contributed by atoms with E-state index in [0.29, 0.717) is 0 Å². The van der Waals surface area contributed by atoms with Crippen LogP contribution in [-0.2, 0) is 0 Å². The van der Waals surface area contributed by atoms with Crippen LogP contribution in [0.5, 0.6) is 0 Å². The number of hydrogen-bond donors (Lipinski definition) is 1. The lowest BCUT2D eigenvalue weighted by atomic mass is 10.1. The molecule has 1 aliphatic carbocycles. The summed E-state index contributed by atoms with van der Waals surface area (Å²) in [7, 11) is 0. The molecule has 1 rings (SSSR count). The van der Waals surface area contributed by atoms with Gasteiger partial charge in [-0.1, -0.05) is 51.9 Å². The Balaban J connectivity index is 1.77. The van der Waals surface area contributed by atoms with Crippen molar-refractivity contribution in [1.82, 2.24) is 0 Å². The molecule has 84 valence electrons. The third-order valence-electron chi connectivity index (χ3n) is 3.51. The summed E-state index contributed by atoms with van der Waals surface area (Å²) in [5.74, 6) is 2.23. The van der Waals surface area contributed by atoms with Gasteiger partial charge >= 0.3 is 0 Å². The molecule has 0 saturated heterocycles. The molecule has 0 bridgehead atoms. The fourth-order valence-electron chi connectivity index (χ4n) is 2.47. The minimum atomic E-state index is 0.876. The number of unbranched alkanes of at least 4 members (excludes halogenated alkanes) is 4. The van der Waals surface area contributed by atoms with Crippen molar-refractivity contribution in [1.29, 1.82) is 0 Å². The van der Waals surface area contributed by atoms with Crippen molar-refractivity contribution in [2.45, 2.75) is 64.7 Å². The first-order valence-electron chi connectivity index (χ1n) is 6.58. The molecule has 0 aromatic rings. The van der Waals surface area contributed by atoms with Crippen LogP contribution in [0.1, 0.15) is 64.7 Å². The Kier molecular flexibility index (Phi) is 6.25. The van der Waals surface area contributed by atoms with Gasteiger partial charge in [-0.3, -0.25) is 0 Å². The second-order valence-corrected chi connectivity index (χ2v) is 4.89. The first-order chi connectivity index (χ1) is 6.88. The monoisotopic (exact) mass is 197 g/mol. The quantitative estimate of drug-likeness (QED) is 0.560. The smallest absolute Gasteiger partial charge is 0.00773 e. The number of nitrogens with two attached hydrogens (primary N) is 1. The Bertz CT molecular complexity index is 133. The van der Waals surface area contributed by atoms with Crippen LogP contribution in [0.4, 0.5) is 0 Å². The van der Waals surface area contributed by atoms with Crippen LogP contribution in [0.2, 0.25) is 0 Å². The van der Waals surface area contributed by atoms with Gasteiger partial charge in [-0.25, -0.2) is 0 Å². The molecule has 1 unspecified atom stereocenters. The summed E-state index contributed by atoms with van der Waals surface area (Å²) in [4.78, 5) is 0. The summed E-state index contributed by atoms with van der Waals surface area (Å²) >= 11 is 0. The summed E-state index contributed by atoms with van der Waals surface area (Å²) in [5, 5.41) is 0. The molecule has 1 heteroatoms. The maximum Gasteiger partial charge on any atom is -0.00773 e. The van der Waals surface area contributed by atoms with Gasteiger partial charge < -0.3 is 5.73 Å². The Morgan fingerprint density at radius 1 is 0.929 bits per heavy atom. The Morgan fingerprint density at radius 2 is 1.57 bits per heavy atom. The van der Waals surface area contributed by atoms with Crippen molar-refractivity contribution in [3.05, 3.63) is 0 Å². The van der Waals surface area contributed by atoms with E-state index in [1.165, 1.54) is 57.8 Å². The molecule has 14 heavy (non-hydrogen) atoms. The van der Waals surface area contributed by atoms with Gasteiger partial charge in [0.15, 0.2) is 0 Å². The lowest BCUT2D eigenvalue weighted by Crippen LogP contribution is -1.97. The summed E-state index contributed by atoms with van der Waals surface area (Å²) in [6, 6.07) is 0. The maximum atomic E-state index is 5.45. The van der Waals surface area contributed by atoms with Crippen LogP contribution in [-0.4, -0.2) is 6.54 Å². The summed E-state index contributed by atoms with van der Waals surface area (Å²) in [6.07, 6.45) is 12.8. The zero-order chi connectivity index (χ0) is 10.2. The van der Waals surface area contributed by atoms with Crippen LogP contribution < -0.4 is 5.73 Å². The second-order valence-electron chi connectivity index (χ2n) is 4.89. The maximum absolute atomic E-state index is 5.45. The van der Waals surface area contributed by atoms with Crippen LogP contribution >= 0.6 is 0 Å². The predicted molar refractivity (Wildman–Crippen MR) is 63.3 cm³/mol. The third kappa shape index (κ3) is 4.99. The van der Waals surface area contributed by atoms with E-state index in [2.05, 4.69) is 6.92 Å². The largest absolute Gasteiger partial charge is 0.330 e. The van der Waals surface area contributed by atoms with Crippen molar-refractivity contribution in [3.63, 3.8) is 0 Å². The molecule has 0 radical (unpaired) electrons. The lowest BCUT2D eigenvalue weighted by Gasteiger charge is -2.00. The standard InChI is InChI=1S/C13H27N/c1-2-8-12-11-13(12)9-6-4-3-5-7-10-14/h12-13H,2-11,14H2,1H3/t12-,13?/m1/s1. The average Bonchev–Trinajstić information content (AvgIpc) is 2.91. The first-order valence-corrected chi connectivity index (χ1v) is 6.58. The van der Waals surface area contributed by atoms with E-state index in [1.807, 2.05) is 0 Å². The van der Waals surface area contributed by atoms with Gasteiger partial charge in [-0.2, -0.15) is 0 Å². The van der Waals surface area contributed by atoms with Gasteiger partial charge in [0.1, 0.15) is 0 Å². The van der Waals surface area contributed by atoms with Gasteiger partial charge in [-0.15, -0.1) is 0 Å².